The summed E-state index contributed by atoms with van der Waals surface area (Å²) in [5, 5.41) is 2.72. The first-order chi connectivity index (χ1) is 8.56. The highest BCUT2D eigenvalue weighted by molar-refractivity contribution is 9.10. The fourth-order valence-corrected chi connectivity index (χ4v) is 1.58. The Hall–Kier alpha value is -1.95. The molecule has 0 fully saturated rings. The zero-order valence-corrected chi connectivity index (χ0v) is 11.2. The molecule has 2 aromatic rings. The number of nitrogen functional groups attached to an aromatic ring is 1. The molecule has 18 heavy (non-hydrogen) atoms. The van der Waals surface area contributed by atoms with Gasteiger partial charge in [0.15, 0.2) is 0 Å². The number of aryl methyl sites for hydroxylation is 1. The van der Waals surface area contributed by atoms with Crippen molar-refractivity contribution in [2.45, 2.75) is 6.92 Å². The number of aromatic nitrogens is 2. The topological polar surface area (TPSA) is 80.9 Å². The summed E-state index contributed by atoms with van der Waals surface area (Å²) in [6.45, 7) is 1.90. The van der Waals surface area contributed by atoms with Gasteiger partial charge in [-0.2, -0.15) is 0 Å². The molecule has 6 heteroatoms. The highest BCUT2D eigenvalue weighted by atomic mass is 79.9. The summed E-state index contributed by atoms with van der Waals surface area (Å²) in [4.78, 5) is 19.9. The number of pyridine rings is 2. The number of halogens is 1. The molecule has 0 bridgehead atoms. The zero-order valence-electron chi connectivity index (χ0n) is 9.64. The largest absolute Gasteiger partial charge is 0.397 e. The number of nitrogens with zero attached hydrogens (tertiary/aromatic N) is 2. The molecule has 2 rings (SSSR count). The van der Waals surface area contributed by atoms with Gasteiger partial charge >= 0.3 is 0 Å². The van der Waals surface area contributed by atoms with E-state index in [0.29, 0.717) is 17.1 Å². The molecular formula is C12H11BrN4O. The molecule has 0 aliphatic rings. The van der Waals surface area contributed by atoms with Gasteiger partial charge in [0.2, 0.25) is 0 Å². The molecule has 0 aliphatic heterocycles. The lowest BCUT2D eigenvalue weighted by Crippen LogP contribution is -2.14. The summed E-state index contributed by atoms with van der Waals surface area (Å²) in [5.74, 6) is -0.293. The highest BCUT2D eigenvalue weighted by Crippen LogP contribution is 2.17. The van der Waals surface area contributed by atoms with Crippen LogP contribution in [0.5, 0.6) is 0 Å². The molecule has 5 nitrogen and oxygen atoms in total. The van der Waals surface area contributed by atoms with Gasteiger partial charge < -0.3 is 11.1 Å². The number of rotatable bonds is 2. The van der Waals surface area contributed by atoms with Crippen LogP contribution in [0, 0.1) is 6.92 Å². The normalized spacial score (nSPS) is 10.1. The van der Waals surface area contributed by atoms with Crippen LogP contribution in [0.25, 0.3) is 0 Å². The molecular weight excluding hydrogens is 296 g/mol. The molecule has 3 N–H and O–H groups in total. The first-order valence-corrected chi connectivity index (χ1v) is 6.00. The number of hydrogen-bond donors (Lipinski definition) is 2. The summed E-state index contributed by atoms with van der Waals surface area (Å²) < 4.78 is 0.756. The molecule has 0 atom stereocenters. The monoisotopic (exact) mass is 306 g/mol. The van der Waals surface area contributed by atoms with Crippen molar-refractivity contribution in [3.8, 4) is 0 Å². The maximum absolute atomic E-state index is 11.9. The maximum Gasteiger partial charge on any atom is 0.274 e. The van der Waals surface area contributed by atoms with Crippen LogP contribution >= 0.6 is 15.9 Å². The van der Waals surface area contributed by atoms with E-state index in [0.717, 1.165) is 10.2 Å². The van der Waals surface area contributed by atoms with Gasteiger partial charge in [0.1, 0.15) is 10.3 Å². The van der Waals surface area contributed by atoms with Crippen molar-refractivity contribution in [2.75, 3.05) is 11.1 Å². The minimum Gasteiger partial charge on any atom is -0.397 e. The zero-order chi connectivity index (χ0) is 13.1. The SMILES string of the molecule is Cc1cc(NC(=O)c2ccc(N)cn2)cnc1Br. The molecule has 0 aliphatic carbocycles. The molecule has 2 aromatic heterocycles. The van der Waals surface area contributed by atoms with E-state index in [-0.39, 0.29) is 5.91 Å². The molecule has 2 heterocycles. The number of carbonyl (C=O) groups is 1. The van der Waals surface area contributed by atoms with E-state index >= 15 is 0 Å². The second kappa shape index (κ2) is 5.14. The Bertz CT molecular complexity index is 583. The van der Waals surface area contributed by atoms with Crippen molar-refractivity contribution in [1.82, 2.24) is 9.97 Å². The lowest BCUT2D eigenvalue weighted by Gasteiger charge is -2.06. The third-order valence-electron chi connectivity index (χ3n) is 2.29. The summed E-state index contributed by atoms with van der Waals surface area (Å²) >= 11 is 3.30. The van der Waals surface area contributed by atoms with Crippen molar-refractivity contribution in [2.24, 2.45) is 0 Å². The van der Waals surface area contributed by atoms with Crippen LogP contribution in [0.2, 0.25) is 0 Å². The van der Waals surface area contributed by atoms with E-state index in [1.54, 1.807) is 18.3 Å². The van der Waals surface area contributed by atoms with E-state index in [9.17, 15) is 4.79 Å². The van der Waals surface area contributed by atoms with Gasteiger partial charge in [-0.1, -0.05) is 0 Å². The van der Waals surface area contributed by atoms with Crippen molar-refractivity contribution in [3.05, 3.63) is 46.5 Å². The Morgan fingerprint density at radius 1 is 1.33 bits per heavy atom. The molecule has 0 spiro atoms. The Labute approximate surface area is 113 Å². The van der Waals surface area contributed by atoms with Crippen molar-refractivity contribution in [3.63, 3.8) is 0 Å². The summed E-state index contributed by atoms with van der Waals surface area (Å²) in [6, 6.07) is 5.03. The average Bonchev–Trinajstić information content (AvgIpc) is 2.34. The van der Waals surface area contributed by atoms with Crippen molar-refractivity contribution in [1.29, 1.82) is 0 Å². The Morgan fingerprint density at radius 3 is 2.72 bits per heavy atom. The number of amides is 1. The highest BCUT2D eigenvalue weighted by Gasteiger charge is 2.08. The first-order valence-electron chi connectivity index (χ1n) is 5.21. The van der Waals surface area contributed by atoms with Gasteiger partial charge in [-0.15, -0.1) is 0 Å². The fourth-order valence-electron chi connectivity index (χ4n) is 1.36. The first kappa shape index (κ1) is 12.5. The third kappa shape index (κ3) is 2.84. The van der Waals surface area contributed by atoms with Crippen LogP contribution in [-0.4, -0.2) is 15.9 Å². The number of carbonyl (C=O) groups excluding carboxylic acids is 1. The van der Waals surface area contributed by atoms with Gasteiger partial charge in [0.05, 0.1) is 23.8 Å². The number of hydrogen-bond acceptors (Lipinski definition) is 4. The Kier molecular flexibility index (Phi) is 3.57. The fraction of sp³-hybridized carbons (Fsp3) is 0.0833. The van der Waals surface area contributed by atoms with Gasteiger partial charge in [0.25, 0.3) is 5.91 Å². The molecule has 0 saturated heterocycles. The lowest BCUT2D eigenvalue weighted by atomic mass is 10.2. The van der Waals surface area contributed by atoms with Gasteiger partial charge in [-0.25, -0.2) is 9.97 Å². The van der Waals surface area contributed by atoms with Crippen LogP contribution in [0.3, 0.4) is 0 Å². The van der Waals surface area contributed by atoms with Crippen LogP contribution in [-0.2, 0) is 0 Å². The average molecular weight is 307 g/mol. The second-order valence-electron chi connectivity index (χ2n) is 3.76. The van der Waals surface area contributed by atoms with Gasteiger partial charge in [-0.05, 0) is 46.6 Å². The molecule has 0 radical (unpaired) electrons. The van der Waals surface area contributed by atoms with E-state index < -0.39 is 0 Å². The minimum absolute atomic E-state index is 0.293. The molecule has 1 amide bonds. The van der Waals surface area contributed by atoms with E-state index in [2.05, 4.69) is 31.2 Å². The second-order valence-corrected chi connectivity index (χ2v) is 4.51. The van der Waals surface area contributed by atoms with Crippen LogP contribution in [0.1, 0.15) is 16.1 Å². The summed E-state index contributed by atoms with van der Waals surface area (Å²) in [5.41, 5.74) is 7.90. The number of anilines is 2. The predicted octanol–water partition coefficient (Wildman–Crippen LogP) is 2.38. The summed E-state index contributed by atoms with van der Waals surface area (Å²) in [6.07, 6.45) is 3.02. The minimum atomic E-state index is -0.293. The molecule has 92 valence electrons. The predicted molar refractivity (Wildman–Crippen MR) is 73.3 cm³/mol. The van der Waals surface area contributed by atoms with Crippen molar-refractivity contribution < 1.29 is 4.79 Å². The van der Waals surface area contributed by atoms with Crippen LogP contribution < -0.4 is 11.1 Å². The molecule has 0 saturated carbocycles. The van der Waals surface area contributed by atoms with Crippen LogP contribution in [0.4, 0.5) is 11.4 Å². The Morgan fingerprint density at radius 2 is 2.11 bits per heavy atom. The van der Waals surface area contributed by atoms with Gasteiger partial charge in [-0.3, -0.25) is 4.79 Å². The Balaban J connectivity index is 2.16. The van der Waals surface area contributed by atoms with Gasteiger partial charge in [0, 0.05) is 0 Å². The van der Waals surface area contributed by atoms with Crippen LogP contribution in [0.15, 0.2) is 35.2 Å². The van der Waals surface area contributed by atoms with E-state index in [4.69, 9.17) is 5.73 Å². The van der Waals surface area contributed by atoms with Crippen molar-refractivity contribution >= 4 is 33.2 Å². The molecule has 0 unspecified atom stereocenters. The number of nitrogens with one attached hydrogen (secondary N) is 1. The standard InChI is InChI=1S/C12H11BrN4O/c1-7-4-9(6-16-11(7)13)17-12(18)10-3-2-8(14)5-15-10/h2-6H,14H2,1H3,(H,17,18). The quantitative estimate of drug-likeness (QED) is 0.835. The third-order valence-corrected chi connectivity index (χ3v) is 3.12. The number of nitrogens with two attached hydrogens (primary N) is 1. The summed E-state index contributed by atoms with van der Waals surface area (Å²) in [7, 11) is 0. The molecule has 0 aromatic carbocycles. The maximum atomic E-state index is 11.9. The van der Waals surface area contributed by atoms with E-state index in [1.807, 2.05) is 13.0 Å². The van der Waals surface area contributed by atoms with E-state index in [1.165, 1.54) is 6.20 Å². The smallest absolute Gasteiger partial charge is 0.274 e. The lowest BCUT2D eigenvalue weighted by molar-refractivity contribution is 0.102.